The zero-order valence-electron chi connectivity index (χ0n) is 8.89. The van der Waals surface area contributed by atoms with Crippen molar-refractivity contribution in [2.75, 3.05) is 5.32 Å². The molecular weight excluding hydrogens is 226 g/mol. The van der Waals surface area contributed by atoms with Crippen LogP contribution in [-0.2, 0) is 0 Å². The second kappa shape index (κ2) is 4.40. The van der Waals surface area contributed by atoms with Gasteiger partial charge in [-0.05, 0) is 17.5 Å². The van der Waals surface area contributed by atoms with E-state index in [4.69, 9.17) is 0 Å². The first-order chi connectivity index (χ1) is 7.66. The molecule has 0 aliphatic carbocycles. The van der Waals surface area contributed by atoms with Crippen molar-refractivity contribution in [3.8, 4) is 0 Å². The van der Waals surface area contributed by atoms with E-state index in [9.17, 15) is 4.79 Å². The Hall–Kier alpha value is -1.76. The lowest BCUT2D eigenvalue weighted by molar-refractivity contribution is 0.103. The number of H-pyrrole nitrogens is 1. The summed E-state index contributed by atoms with van der Waals surface area (Å²) in [4.78, 5) is 12.1. The third-order valence-electron chi connectivity index (χ3n) is 2.05. The van der Waals surface area contributed by atoms with Gasteiger partial charge in [-0.1, -0.05) is 18.3 Å². The van der Waals surface area contributed by atoms with Crippen LogP contribution in [0.4, 0.5) is 5.82 Å². The molecule has 1 amide bonds. The average molecular weight is 237 g/mol. The van der Waals surface area contributed by atoms with E-state index in [0.717, 1.165) is 17.2 Å². The van der Waals surface area contributed by atoms with Crippen LogP contribution in [0.2, 0.25) is 0 Å². The largest absolute Gasteiger partial charge is 0.304 e. The molecular formula is C9H11N5OS. The average Bonchev–Trinajstić information content (AvgIpc) is 2.87. The number of aromatic amines is 1. The molecule has 2 heterocycles. The molecule has 0 radical (unpaired) electrons. The van der Waals surface area contributed by atoms with Crippen molar-refractivity contribution in [3.05, 3.63) is 22.8 Å². The highest BCUT2D eigenvalue weighted by Gasteiger charge is 2.11. The first-order valence-electron chi connectivity index (χ1n) is 4.81. The van der Waals surface area contributed by atoms with Crippen molar-refractivity contribution in [3.63, 3.8) is 0 Å². The zero-order chi connectivity index (χ0) is 11.5. The molecule has 2 aromatic heterocycles. The van der Waals surface area contributed by atoms with Crippen molar-refractivity contribution >= 4 is 23.3 Å². The van der Waals surface area contributed by atoms with Crippen molar-refractivity contribution < 1.29 is 4.79 Å². The van der Waals surface area contributed by atoms with Crippen molar-refractivity contribution in [2.45, 2.75) is 19.8 Å². The maximum atomic E-state index is 11.6. The number of carbonyl (C=O) groups is 1. The van der Waals surface area contributed by atoms with Crippen molar-refractivity contribution in [1.29, 1.82) is 0 Å². The van der Waals surface area contributed by atoms with Gasteiger partial charge in [0.1, 0.15) is 4.88 Å². The molecule has 0 aromatic carbocycles. The minimum atomic E-state index is -0.239. The Bertz CT molecular complexity index is 476. The fourth-order valence-corrected chi connectivity index (χ4v) is 1.55. The molecule has 6 nitrogen and oxygen atoms in total. The molecule has 7 heteroatoms. The number of anilines is 1. The SMILES string of the molecule is CC(C)c1cc(NC(=O)c2cnns2)n[nH]1. The number of nitrogens with one attached hydrogen (secondary N) is 2. The second-order valence-corrected chi connectivity index (χ2v) is 4.38. The van der Waals surface area contributed by atoms with Gasteiger partial charge < -0.3 is 5.32 Å². The maximum absolute atomic E-state index is 11.6. The Kier molecular flexibility index (Phi) is 2.95. The Balaban J connectivity index is 2.07. The van der Waals surface area contributed by atoms with E-state index in [1.165, 1.54) is 6.20 Å². The van der Waals surface area contributed by atoms with Gasteiger partial charge in [0.25, 0.3) is 5.91 Å². The van der Waals surface area contributed by atoms with Gasteiger partial charge >= 0.3 is 0 Å². The molecule has 0 atom stereocenters. The summed E-state index contributed by atoms with van der Waals surface area (Å²) in [6.45, 7) is 4.10. The van der Waals surface area contributed by atoms with E-state index in [1.54, 1.807) is 0 Å². The topological polar surface area (TPSA) is 83.6 Å². The summed E-state index contributed by atoms with van der Waals surface area (Å²) in [5, 5.41) is 13.1. The molecule has 16 heavy (non-hydrogen) atoms. The molecule has 0 unspecified atom stereocenters. The van der Waals surface area contributed by atoms with Crippen LogP contribution < -0.4 is 5.32 Å². The molecule has 0 fully saturated rings. The van der Waals surface area contributed by atoms with Crippen LogP contribution in [0.5, 0.6) is 0 Å². The minimum absolute atomic E-state index is 0.239. The predicted molar refractivity (Wildman–Crippen MR) is 60.5 cm³/mol. The summed E-state index contributed by atoms with van der Waals surface area (Å²) in [5.41, 5.74) is 0.984. The summed E-state index contributed by atoms with van der Waals surface area (Å²) < 4.78 is 3.62. The molecule has 0 saturated carbocycles. The van der Waals surface area contributed by atoms with Gasteiger partial charge in [-0.15, -0.1) is 5.10 Å². The number of aromatic nitrogens is 4. The maximum Gasteiger partial charge on any atom is 0.270 e. The van der Waals surface area contributed by atoms with E-state index < -0.39 is 0 Å². The summed E-state index contributed by atoms with van der Waals surface area (Å²) in [6, 6.07) is 1.82. The summed E-state index contributed by atoms with van der Waals surface area (Å²) >= 11 is 1.05. The predicted octanol–water partition coefficient (Wildman–Crippen LogP) is 1.64. The van der Waals surface area contributed by atoms with Crippen molar-refractivity contribution in [1.82, 2.24) is 19.8 Å². The molecule has 84 valence electrons. The normalized spacial score (nSPS) is 10.7. The van der Waals surface area contributed by atoms with E-state index in [0.29, 0.717) is 16.6 Å². The monoisotopic (exact) mass is 237 g/mol. The molecule has 0 aliphatic heterocycles. The Morgan fingerprint density at radius 3 is 2.94 bits per heavy atom. The zero-order valence-corrected chi connectivity index (χ0v) is 9.71. The van der Waals surface area contributed by atoms with Gasteiger partial charge in [-0.3, -0.25) is 9.89 Å². The van der Waals surface area contributed by atoms with E-state index in [-0.39, 0.29) is 5.91 Å². The Morgan fingerprint density at radius 2 is 2.38 bits per heavy atom. The molecule has 2 N–H and O–H groups in total. The Morgan fingerprint density at radius 1 is 1.56 bits per heavy atom. The first-order valence-corrected chi connectivity index (χ1v) is 5.58. The summed E-state index contributed by atoms with van der Waals surface area (Å²) in [5.74, 6) is 0.627. The molecule has 0 spiro atoms. The number of amides is 1. The van der Waals surface area contributed by atoms with Crippen LogP contribution >= 0.6 is 11.5 Å². The standard InChI is InChI=1S/C9H11N5OS/c1-5(2)6-3-8(13-12-6)11-9(15)7-4-10-14-16-7/h3-5H,1-2H3,(H2,11,12,13,15). The fourth-order valence-electron chi connectivity index (χ4n) is 1.14. The number of hydrogen-bond donors (Lipinski definition) is 2. The Labute approximate surface area is 96.2 Å². The number of rotatable bonds is 3. The first kappa shape index (κ1) is 10.7. The lowest BCUT2D eigenvalue weighted by Gasteiger charge is -1.97. The minimum Gasteiger partial charge on any atom is -0.304 e. The van der Waals surface area contributed by atoms with Crippen LogP contribution in [0, 0.1) is 0 Å². The van der Waals surface area contributed by atoms with Crippen LogP contribution in [-0.4, -0.2) is 25.7 Å². The quantitative estimate of drug-likeness (QED) is 0.850. The van der Waals surface area contributed by atoms with Crippen LogP contribution in [0.1, 0.15) is 35.1 Å². The van der Waals surface area contributed by atoms with Gasteiger partial charge in [0, 0.05) is 11.8 Å². The highest BCUT2D eigenvalue weighted by Crippen LogP contribution is 2.15. The molecule has 0 aliphatic rings. The van der Waals surface area contributed by atoms with Gasteiger partial charge in [-0.25, -0.2) is 0 Å². The lowest BCUT2D eigenvalue weighted by Crippen LogP contribution is -2.10. The fraction of sp³-hybridized carbons (Fsp3) is 0.333. The number of hydrogen-bond acceptors (Lipinski definition) is 5. The molecule has 0 saturated heterocycles. The number of carbonyl (C=O) groups excluding carboxylic acids is 1. The van der Waals surface area contributed by atoms with Gasteiger partial charge in [0.2, 0.25) is 0 Å². The molecule has 2 aromatic rings. The van der Waals surface area contributed by atoms with Gasteiger partial charge in [-0.2, -0.15) is 5.10 Å². The van der Waals surface area contributed by atoms with E-state index >= 15 is 0 Å². The molecule has 0 bridgehead atoms. The van der Waals surface area contributed by atoms with Crippen LogP contribution in [0.3, 0.4) is 0 Å². The van der Waals surface area contributed by atoms with Gasteiger partial charge in [0.15, 0.2) is 5.82 Å². The van der Waals surface area contributed by atoms with E-state index in [1.807, 2.05) is 19.9 Å². The summed E-state index contributed by atoms with van der Waals surface area (Å²) in [6.07, 6.45) is 1.43. The summed E-state index contributed by atoms with van der Waals surface area (Å²) in [7, 11) is 0. The third kappa shape index (κ3) is 2.25. The molecule has 2 rings (SSSR count). The van der Waals surface area contributed by atoms with Gasteiger partial charge in [0.05, 0.1) is 6.20 Å². The van der Waals surface area contributed by atoms with Crippen LogP contribution in [0.25, 0.3) is 0 Å². The van der Waals surface area contributed by atoms with Crippen LogP contribution in [0.15, 0.2) is 12.3 Å². The highest BCUT2D eigenvalue weighted by molar-refractivity contribution is 7.07. The van der Waals surface area contributed by atoms with Crippen molar-refractivity contribution in [2.24, 2.45) is 0 Å². The van der Waals surface area contributed by atoms with E-state index in [2.05, 4.69) is 25.1 Å². The lowest BCUT2D eigenvalue weighted by atomic mass is 10.1. The smallest absolute Gasteiger partial charge is 0.270 e. The number of nitrogens with zero attached hydrogens (tertiary/aromatic N) is 3. The third-order valence-corrected chi connectivity index (χ3v) is 2.71. The highest BCUT2D eigenvalue weighted by atomic mass is 32.1. The second-order valence-electron chi connectivity index (χ2n) is 3.60.